The molecule has 3 aliphatic rings. The number of benzene rings is 1. The molecule has 2 aliphatic heterocycles. The lowest BCUT2D eigenvalue weighted by atomic mass is 9.70. The molecular weight excluding hydrogens is 336 g/mol. The van der Waals surface area contributed by atoms with Crippen LogP contribution in [0.4, 0.5) is 0 Å². The van der Waals surface area contributed by atoms with E-state index in [1.807, 2.05) is 18.2 Å². The molecule has 142 valence electrons. The number of fused-ring (bicyclic) bond motifs is 2. The number of morpholine rings is 1. The van der Waals surface area contributed by atoms with Gasteiger partial charge >= 0.3 is 0 Å². The molecule has 0 radical (unpaired) electrons. The van der Waals surface area contributed by atoms with E-state index in [1.54, 1.807) is 7.11 Å². The molecule has 7 heteroatoms. The zero-order chi connectivity index (χ0) is 18.1. The molecule has 0 N–H and O–H groups in total. The first kappa shape index (κ1) is 17.5. The molecule has 4 atom stereocenters. The maximum Gasteiger partial charge on any atom is 0.211 e. The largest absolute Gasteiger partial charge is 0.493 e. The minimum absolute atomic E-state index is 0.0319. The van der Waals surface area contributed by atoms with Crippen molar-refractivity contribution in [2.75, 3.05) is 40.0 Å². The summed E-state index contributed by atoms with van der Waals surface area (Å²) in [6.45, 7) is 3.23. The maximum atomic E-state index is 11.4. The second kappa shape index (κ2) is 7.40. The van der Waals surface area contributed by atoms with Crippen LogP contribution in [0.2, 0.25) is 0 Å². The van der Waals surface area contributed by atoms with Crippen molar-refractivity contribution in [3.63, 3.8) is 0 Å². The molecule has 1 aromatic rings. The van der Waals surface area contributed by atoms with E-state index in [9.17, 15) is 10.1 Å². The number of para-hydroxylation sites is 1. The van der Waals surface area contributed by atoms with Crippen LogP contribution in [0.1, 0.15) is 30.7 Å². The predicted octanol–water partition coefficient (Wildman–Crippen LogP) is 2.32. The van der Waals surface area contributed by atoms with Crippen LogP contribution in [0.3, 0.4) is 0 Å². The quantitative estimate of drug-likeness (QED) is 0.604. The molecular formula is C19H26N2O5. The molecule has 1 saturated heterocycles. The Morgan fingerprint density at radius 2 is 2.12 bits per heavy atom. The monoisotopic (exact) mass is 362 g/mol. The molecule has 0 spiro atoms. The topological polar surface area (TPSA) is 74.1 Å². The smallest absolute Gasteiger partial charge is 0.211 e. The summed E-state index contributed by atoms with van der Waals surface area (Å²) in [5, 5.41) is 11.4. The number of hydrogen-bond donors (Lipinski definition) is 0. The van der Waals surface area contributed by atoms with Gasteiger partial charge in [0, 0.05) is 35.5 Å². The third-order valence-corrected chi connectivity index (χ3v) is 6.10. The normalized spacial score (nSPS) is 31.4. The Labute approximate surface area is 153 Å². The number of methoxy groups -OCH3 is 1. The van der Waals surface area contributed by atoms with Gasteiger partial charge in [0.25, 0.3) is 0 Å². The highest BCUT2D eigenvalue weighted by molar-refractivity contribution is 5.50. The van der Waals surface area contributed by atoms with Crippen molar-refractivity contribution in [3.05, 3.63) is 33.9 Å². The fourth-order valence-electron chi connectivity index (χ4n) is 4.94. The summed E-state index contributed by atoms with van der Waals surface area (Å²) >= 11 is 0. The van der Waals surface area contributed by atoms with Crippen molar-refractivity contribution in [3.8, 4) is 11.5 Å². The van der Waals surface area contributed by atoms with Crippen molar-refractivity contribution >= 4 is 0 Å². The van der Waals surface area contributed by atoms with Gasteiger partial charge in [0.1, 0.15) is 6.10 Å². The highest BCUT2D eigenvalue weighted by Gasteiger charge is 2.48. The first-order chi connectivity index (χ1) is 12.7. The Morgan fingerprint density at radius 3 is 2.85 bits per heavy atom. The highest BCUT2D eigenvalue weighted by atomic mass is 16.6. The fraction of sp³-hybridized carbons (Fsp3) is 0.684. The first-order valence-corrected chi connectivity index (χ1v) is 9.46. The summed E-state index contributed by atoms with van der Waals surface area (Å²) in [6, 6.07) is 6.01. The summed E-state index contributed by atoms with van der Waals surface area (Å²) in [4.78, 5) is 13.7. The van der Waals surface area contributed by atoms with E-state index in [2.05, 4.69) is 4.90 Å². The van der Waals surface area contributed by atoms with Crippen molar-refractivity contribution in [1.82, 2.24) is 4.90 Å². The lowest BCUT2D eigenvalue weighted by Crippen LogP contribution is -2.57. The fourth-order valence-corrected chi connectivity index (χ4v) is 4.94. The van der Waals surface area contributed by atoms with Crippen LogP contribution in [0.15, 0.2) is 18.2 Å². The average Bonchev–Trinajstić information content (AvgIpc) is 2.67. The van der Waals surface area contributed by atoms with Crippen LogP contribution in [0.25, 0.3) is 0 Å². The number of nitro groups is 1. The molecule has 1 aliphatic carbocycles. The summed E-state index contributed by atoms with van der Waals surface area (Å²) in [5.74, 6) is 1.41. The van der Waals surface area contributed by atoms with Crippen molar-refractivity contribution < 1.29 is 19.1 Å². The van der Waals surface area contributed by atoms with Gasteiger partial charge in [0.2, 0.25) is 6.54 Å². The minimum Gasteiger partial charge on any atom is -0.493 e. The van der Waals surface area contributed by atoms with Crippen LogP contribution in [-0.2, 0) is 4.74 Å². The Morgan fingerprint density at radius 1 is 1.31 bits per heavy atom. The van der Waals surface area contributed by atoms with Gasteiger partial charge in [-0.3, -0.25) is 15.0 Å². The Bertz CT molecular complexity index is 661. The molecule has 4 rings (SSSR count). The Hall–Kier alpha value is -1.86. The van der Waals surface area contributed by atoms with Gasteiger partial charge < -0.3 is 14.2 Å². The molecule has 7 nitrogen and oxygen atoms in total. The molecule has 2 fully saturated rings. The van der Waals surface area contributed by atoms with E-state index in [-0.39, 0.29) is 35.4 Å². The summed E-state index contributed by atoms with van der Waals surface area (Å²) in [6.07, 6.45) is 3.09. The lowest BCUT2D eigenvalue weighted by Gasteiger charge is -2.49. The molecule has 1 saturated carbocycles. The molecule has 26 heavy (non-hydrogen) atoms. The summed E-state index contributed by atoms with van der Waals surface area (Å²) in [5.41, 5.74) is 0.921. The van der Waals surface area contributed by atoms with Gasteiger partial charge in [-0.05, 0) is 18.9 Å². The van der Waals surface area contributed by atoms with Crippen LogP contribution in [-0.4, -0.2) is 61.9 Å². The van der Waals surface area contributed by atoms with Crippen LogP contribution >= 0.6 is 0 Å². The van der Waals surface area contributed by atoms with E-state index in [0.717, 1.165) is 51.1 Å². The zero-order valence-electron chi connectivity index (χ0n) is 15.1. The van der Waals surface area contributed by atoms with Crippen LogP contribution in [0.5, 0.6) is 11.5 Å². The van der Waals surface area contributed by atoms with Crippen LogP contribution < -0.4 is 9.47 Å². The Kier molecular flexibility index (Phi) is 5.00. The number of hydrogen-bond acceptors (Lipinski definition) is 6. The predicted molar refractivity (Wildman–Crippen MR) is 95.5 cm³/mol. The van der Waals surface area contributed by atoms with Crippen molar-refractivity contribution in [1.29, 1.82) is 0 Å². The maximum absolute atomic E-state index is 11.4. The number of nitrogens with zero attached hydrogens (tertiary/aromatic N) is 2. The van der Waals surface area contributed by atoms with E-state index >= 15 is 0 Å². The molecule has 0 amide bonds. The van der Waals surface area contributed by atoms with Gasteiger partial charge in [0.05, 0.1) is 26.2 Å². The third kappa shape index (κ3) is 3.14. The molecule has 0 bridgehead atoms. The lowest BCUT2D eigenvalue weighted by molar-refractivity contribution is -0.486. The SMILES string of the molecule is COc1cccc2c1OC1C(CCCC1N1CCOCC1)C2C[N+](=O)[O-]. The standard InChI is InChI=1S/C19H26N2O5/c1-24-17-7-3-5-14-15(12-21(22)23)13-4-2-6-16(18(13)26-19(14)17)20-8-10-25-11-9-20/h3,5,7,13,15-16,18H,2,4,6,8-12H2,1H3. The second-order valence-electron chi connectivity index (χ2n) is 7.39. The number of rotatable bonds is 4. The second-order valence-corrected chi connectivity index (χ2v) is 7.39. The number of ether oxygens (including phenoxy) is 3. The van der Waals surface area contributed by atoms with E-state index in [0.29, 0.717) is 11.5 Å². The van der Waals surface area contributed by atoms with E-state index in [4.69, 9.17) is 14.2 Å². The van der Waals surface area contributed by atoms with E-state index in [1.165, 1.54) is 0 Å². The first-order valence-electron chi connectivity index (χ1n) is 9.46. The molecule has 4 unspecified atom stereocenters. The van der Waals surface area contributed by atoms with Crippen molar-refractivity contribution in [2.24, 2.45) is 5.92 Å². The van der Waals surface area contributed by atoms with E-state index < -0.39 is 0 Å². The Balaban J connectivity index is 1.71. The highest BCUT2D eigenvalue weighted by Crippen LogP contribution is 2.50. The minimum atomic E-state index is -0.186. The average molecular weight is 362 g/mol. The van der Waals surface area contributed by atoms with Crippen molar-refractivity contribution in [2.45, 2.75) is 37.3 Å². The van der Waals surface area contributed by atoms with Gasteiger partial charge in [-0.15, -0.1) is 0 Å². The molecule has 1 aromatic carbocycles. The van der Waals surface area contributed by atoms with Gasteiger partial charge in [-0.25, -0.2) is 0 Å². The van der Waals surface area contributed by atoms with Crippen LogP contribution in [0, 0.1) is 16.0 Å². The molecule has 2 heterocycles. The summed E-state index contributed by atoms with van der Waals surface area (Å²) < 4.78 is 17.5. The van der Waals surface area contributed by atoms with Gasteiger partial charge in [-0.1, -0.05) is 18.6 Å². The zero-order valence-corrected chi connectivity index (χ0v) is 15.1. The summed E-state index contributed by atoms with van der Waals surface area (Å²) in [7, 11) is 1.62. The van der Waals surface area contributed by atoms with Gasteiger partial charge in [-0.2, -0.15) is 0 Å². The van der Waals surface area contributed by atoms with Gasteiger partial charge in [0.15, 0.2) is 11.5 Å². The third-order valence-electron chi connectivity index (χ3n) is 6.10. The molecule has 0 aromatic heterocycles.